The summed E-state index contributed by atoms with van der Waals surface area (Å²) >= 11 is 0. The summed E-state index contributed by atoms with van der Waals surface area (Å²) in [7, 11) is 1.50. The molecule has 48 valence electrons. The molecule has 0 fully saturated rings. The molecule has 0 aromatic rings. The minimum absolute atomic E-state index is 0. The second kappa shape index (κ2) is 576. The molecule has 0 unspecified atom stereocenters. The lowest BCUT2D eigenvalue weighted by molar-refractivity contribution is -0.122. The minimum atomic E-state index is -1.58. The Morgan fingerprint density at radius 3 is 1.71 bits per heavy atom. The third kappa shape index (κ3) is 197. The quantitative estimate of drug-likeness (QED) is 0.449. The van der Waals surface area contributed by atoms with Gasteiger partial charge in [-0.1, -0.05) is 14.9 Å². The lowest BCUT2D eigenvalue weighted by Crippen LogP contribution is -1.69. The Morgan fingerprint density at radius 2 is 1.71 bits per heavy atom. The summed E-state index contributed by atoms with van der Waals surface area (Å²) < 4.78 is 5.50. The highest BCUT2D eigenvalue weighted by Gasteiger charge is 1.22. The number of hydrogen-bond acceptors (Lipinski definition) is 2. The summed E-state index contributed by atoms with van der Waals surface area (Å²) in [6.07, 6.45) is -1.58. The summed E-state index contributed by atoms with van der Waals surface area (Å²) in [5.74, 6) is 0. The van der Waals surface area contributed by atoms with Crippen LogP contribution < -0.4 is 5.73 Å². The molecule has 3 nitrogen and oxygen atoms in total. The second-order valence-electron chi connectivity index (χ2n) is 0.0913. The van der Waals surface area contributed by atoms with E-state index < -0.39 is 6.45 Å². The van der Waals surface area contributed by atoms with E-state index in [0.29, 0.717) is 0 Å². The van der Waals surface area contributed by atoms with Gasteiger partial charge in [0, 0.05) is 0 Å². The van der Waals surface area contributed by atoms with Gasteiger partial charge < -0.3 is 10.8 Å². The standard InChI is InChI=1S/CH5N.CH2O2.2CH4/c1-2;2-1-3;;/h2H2,1H3;1H,(H,2,3);2*1H4/i;1T;;. The van der Waals surface area contributed by atoms with E-state index in [0.717, 1.165) is 0 Å². The van der Waals surface area contributed by atoms with Crippen LogP contribution >= 0.6 is 0 Å². The first-order valence-corrected chi connectivity index (χ1v) is 1.01. The number of rotatable bonds is 0. The first-order valence-electron chi connectivity index (χ1n) is 1.51. The highest BCUT2D eigenvalue weighted by atomic mass is 16.3. The summed E-state index contributed by atoms with van der Waals surface area (Å²) in [6.45, 7) is 0. The summed E-state index contributed by atoms with van der Waals surface area (Å²) in [5, 5.41) is 7.08. The fourth-order valence-electron chi connectivity index (χ4n) is 0. The van der Waals surface area contributed by atoms with Gasteiger partial charge in [0.1, 0.15) is 0 Å². The van der Waals surface area contributed by atoms with Gasteiger partial charge in [-0.25, -0.2) is 0 Å². The monoisotopic (exact) mass is 111 g/mol. The molecule has 3 heteroatoms. The Hall–Kier alpha value is -0.570. The van der Waals surface area contributed by atoms with E-state index in [1.165, 1.54) is 7.05 Å². The molecule has 0 aromatic heterocycles. The molecule has 0 bridgehead atoms. The van der Waals surface area contributed by atoms with Crippen molar-refractivity contribution < 1.29 is 11.3 Å². The van der Waals surface area contributed by atoms with Crippen LogP contribution in [0.1, 0.15) is 16.2 Å². The maximum atomic E-state index is 8.67. The van der Waals surface area contributed by atoms with Crippen LogP contribution in [-0.4, -0.2) is 18.6 Å². The van der Waals surface area contributed by atoms with Crippen molar-refractivity contribution in [1.29, 1.82) is 0 Å². The van der Waals surface area contributed by atoms with Crippen LogP contribution in [0.5, 0.6) is 0 Å². The van der Waals surface area contributed by atoms with Gasteiger partial charge in [-0.3, -0.25) is 4.79 Å². The van der Waals surface area contributed by atoms with Crippen molar-refractivity contribution in [3.63, 3.8) is 0 Å². The Balaban J connectivity index is -0.0000000183. The van der Waals surface area contributed by atoms with Crippen molar-refractivity contribution in [3.8, 4) is 0 Å². The lowest BCUT2D eigenvalue weighted by Gasteiger charge is -1.34. The SMILES string of the molecule is C.C.CN.[3H]C(=O)O. The molecule has 0 heterocycles. The zero-order chi connectivity index (χ0) is 5.58. The molecular formula is C4H15NO2. The van der Waals surface area contributed by atoms with Crippen molar-refractivity contribution in [1.82, 2.24) is 0 Å². The van der Waals surface area contributed by atoms with Crippen molar-refractivity contribution in [2.75, 3.05) is 7.05 Å². The zero-order valence-electron chi connectivity index (χ0n) is 3.93. The molecule has 0 saturated heterocycles. The van der Waals surface area contributed by atoms with E-state index in [1.807, 2.05) is 0 Å². The number of hydrogen-bond donors (Lipinski definition) is 2. The van der Waals surface area contributed by atoms with Crippen LogP contribution in [0.25, 0.3) is 0 Å². The Kier molecular flexibility index (Phi) is 1330. The van der Waals surface area contributed by atoms with Gasteiger partial charge in [-0.05, 0) is 7.05 Å². The highest BCUT2D eigenvalue weighted by molar-refractivity contribution is 5.32. The summed E-state index contributed by atoms with van der Waals surface area (Å²) in [5.41, 5.74) is 4.50. The van der Waals surface area contributed by atoms with Gasteiger partial charge in [0.2, 0.25) is 0 Å². The van der Waals surface area contributed by atoms with Crippen LogP contribution in [-0.2, 0) is 4.79 Å². The molecule has 0 spiro atoms. The molecule has 0 aliphatic heterocycles. The predicted octanol–water partition coefficient (Wildman–Crippen LogP) is 0.548. The van der Waals surface area contributed by atoms with Crippen LogP contribution in [0.15, 0.2) is 0 Å². The van der Waals surface area contributed by atoms with Crippen LogP contribution in [0, 0.1) is 0 Å². The Morgan fingerprint density at radius 1 is 1.71 bits per heavy atom. The van der Waals surface area contributed by atoms with Crippen LogP contribution in [0.3, 0.4) is 0 Å². The molecule has 0 atom stereocenters. The van der Waals surface area contributed by atoms with E-state index >= 15 is 0 Å². The molecule has 0 rings (SSSR count). The Bertz CT molecular complexity index is 37.0. The molecule has 0 aromatic carbocycles. The molecule has 3 N–H and O–H groups in total. The average Bonchev–Trinajstić information content (AvgIpc) is 1.41. The number of carbonyl (C=O) groups is 1. The van der Waals surface area contributed by atoms with E-state index in [2.05, 4.69) is 5.73 Å². The molecule has 0 aliphatic rings. The molecule has 0 radical (unpaired) electrons. The maximum absolute atomic E-state index is 8.67. The fourth-order valence-corrected chi connectivity index (χ4v) is 0. The van der Waals surface area contributed by atoms with Gasteiger partial charge >= 0.3 is 0 Å². The Labute approximate surface area is 46.6 Å². The maximum Gasteiger partial charge on any atom is 0.290 e. The third-order valence-corrected chi connectivity index (χ3v) is 0. The minimum Gasteiger partial charge on any atom is -0.483 e. The van der Waals surface area contributed by atoms with Gasteiger partial charge in [-0.15, -0.1) is 0 Å². The number of nitrogens with two attached hydrogens (primary N) is 1. The van der Waals surface area contributed by atoms with Gasteiger partial charge in [-0.2, -0.15) is 0 Å². The largest absolute Gasteiger partial charge is 0.483 e. The molecule has 0 aliphatic carbocycles. The van der Waals surface area contributed by atoms with Crippen molar-refractivity contribution in [3.05, 3.63) is 0 Å². The van der Waals surface area contributed by atoms with Gasteiger partial charge in [0.15, 0.2) is 1.37 Å². The summed E-state index contributed by atoms with van der Waals surface area (Å²) in [4.78, 5) is 8.67. The van der Waals surface area contributed by atoms with Crippen LogP contribution in [0.4, 0.5) is 0 Å². The van der Waals surface area contributed by atoms with Gasteiger partial charge in [0.05, 0.1) is 0 Å². The smallest absolute Gasteiger partial charge is 0.290 e. The number of carboxylic acid groups (broad SMARTS) is 1. The van der Waals surface area contributed by atoms with E-state index in [-0.39, 0.29) is 14.9 Å². The molecular weight excluding hydrogens is 94.0 g/mol. The second-order valence-corrected chi connectivity index (χ2v) is 0.0913. The molecule has 0 amide bonds. The summed E-state index contributed by atoms with van der Waals surface area (Å²) in [6, 6.07) is 0. The lowest BCUT2D eigenvalue weighted by atomic mass is 11.6. The van der Waals surface area contributed by atoms with E-state index in [9.17, 15) is 0 Å². The predicted molar refractivity (Wildman–Crippen MR) is 32.3 cm³/mol. The van der Waals surface area contributed by atoms with Gasteiger partial charge in [0.25, 0.3) is 6.45 Å². The normalized spacial score (nSPS) is 4.57. The van der Waals surface area contributed by atoms with E-state index in [4.69, 9.17) is 11.3 Å². The first kappa shape index (κ1) is 16.1. The van der Waals surface area contributed by atoms with Crippen LogP contribution in [0.2, 0.25) is 0 Å². The van der Waals surface area contributed by atoms with E-state index in [1.54, 1.807) is 0 Å². The first-order chi connectivity index (χ1) is 2.73. The van der Waals surface area contributed by atoms with Crippen molar-refractivity contribution >= 4 is 6.45 Å². The third-order valence-electron chi connectivity index (χ3n) is 0. The average molecular weight is 111 g/mol. The molecule has 7 heavy (non-hydrogen) atoms. The van der Waals surface area contributed by atoms with Crippen molar-refractivity contribution in [2.45, 2.75) is 14.9 Å². The van der Waals surface area contributed by atoms with Crippen molar-refractivity contribution in [2.24, 2.45) is 5.73 Å². The molecule has 0 saturated carbocycles. The highest BCUT2D eigenvalue weighted by Crippen LogP contribution is 0.966. The zero-order valence-corrected chi connectivity index (χ0v) is 2.93. The fraction of sp³-hybridized carbons (Fsp3) is 0.750. The topological polar surface area (TPSA) is 63.3 Å².